The monoisotopic (exact) mass is 445 g/mol. The number of carbonyl (C=O) groups is 1. The van der Waals surface area contributed by atoms with Crippen molar-refractivity contribution >= 4 is 29.3 Å². The van der Waals surface area contributed by atoms with Crippen LogP contribution in [0.5, 0.6) is 0 Å². The average Bonchev–Trinajstić information content (AvgIpc) is 2.83. The zero-order chi connectivity index (χ0) is 21.5. The van der Waals surface area contributed by atoms with Gasteiger partial charge in [-0.1, -0.05) is 96.2 Å². The molecule has 0 radical (unpaired) electrons. The molecule has 6 heteroatoms. The number of nitrogens with zero attached hydrogens (tertiary/aromatic N) is 2. The van der Waals surface area contributed by atoms with Crippen molar-refractivity contribution in [3.8, 4) is 22.4 Å². The number of amides is 1. The molecular formula is C25H20ClN3OS. The molecule has 1 aromatic heterocycles. The summed E-state index contributed by atoms with van der Waals surface area (Å²) >= 11 is 7.46. The van der Waals surface area contributed by atoms with Gasteiger partial charge in [-0.15, -0.1) is 10.2 Å². The SMILES string of the molecule is O=C(CSc1ccc(-c2ccc(-c3ccccc3)cc2)nn1)NCc1ccccc1Cl. The molecule has 0 unspecified atom stereocenters. The summed E-state index contributed by atoms with van der Waals surface area (Å²) in [4.78, 5) is 12.1. The van der Waals surface area contributed by atoms with E-state index in [-0.39, 0.29) is 11.7 Å². The van der Waals surface area contributed by atoms with Crippen LogP contribution in [-0.2, 0) is 11.3 Å². The Hall–Kier alpha value is -3.15. The zero-order valence-electron chi connectivity index (χ0n) is 16.7. The zero-order valence-corrected chi connectivity index (χ0v) is 18.2. The third-order valence-electron chi connectivity index (χ3n) is 4.71. The summed E-state index contributed by atoms with van der Waals surface area (Å²) < 4.78 is 0. The van der Waals surface area contributed by atoms with Gasteiger partial charge in [0.25, 0.3) is 0 Å². The number of thioether (sulfide) groups is 1. The highest BCUT2D eigenvalue weighted by atomic mass is 35.5. The van der Waals surface area contributed by atoms with Gasteiger partial charge in [0.1, 0.15) is 5.03 Å². The Balaban J connectivity index is 1.31. The van der Waals surface area contributed by atoms with Gasteiger partial charge in [-0.05, 0) is 34.9 Å². The van der Waals surface area contributed by atoms with Crippen LogP contribution in [-0.4, -0.2) is 21.9 Å². The highest BCUT2D eigenvalue weighted by Crippen LogP contribution is 2.24. The molecule has 4 nitrogen and oxygen atoms in total. The quantitative estimate of drug-likeness (QED) is 0.361. The minimum atomic E-state index is -0.0766. The summed E-state index contributed by atoms with van der Waals surface area (Å²) in [7, 11) is 0. The molecule has 0 aliphatic rings. The second kappa shape index (κ2) is 10.2. The van der Waals surface area contributed by atoms with Crippen LogP contribution in [0.3, 0.4) is 0 Å². The molecule has 31 heavy (non-hydrogen) atoms. The first-order valence-corrected chi connectivity index (χ1v) is 11.2. The van der Waals surface area contributed by atoms with Crippen molar-refractivity contribution in [2.75, 3.05) is 5.75 Å². The fourth-order valence-corrected chi connectivity index (χ4v) is 3.89. The van der Waals surface area contributed by atoms with Crippen LogP contribution in [0, 0.1) is 0 Å². The van der Waals surface area contributed by atoms with Gasteiger partial charge in [0, 0.05) is 17.1 Å². The molecule has 0 atom stereocenters. The molecule has 0 aliphatic heterocycles. The Morgan fingerprint density at radius 2 is 1.45 bits per heavy atom. The number of benzene rings is 3. The van der Waals surface area contributed by atoms with Gasteiger partial charge in [-0.25, -0.2) is 0 Å². The Morgan fingerprint density at radius 3 is 2.16 bits per heavy atom. The van der Waals surface area contributed by atoms with Crippen molar-refractivity contribution < 1.29 is 4.79 Å². The third-order valence-corrected chi connectivity index (χ3v) is 6.00. The molecule has 4 rings (SSSR count). The number of hydrogen-bond acceptors (Lipinski definition) is 4. The van der Waals surface area contributed by atoms with Crippen molar-refractivity contribution in [2.24, 2.45) is 0 Å². The molecule has 1 heterocycles. The van der Waals surface area contributed by atoms with Crippen molar-refractivity contribution in [1.29, 1.82) is 0 Å². The standard InChI is InChI=1S/C25H20ClN3OS/c26-22-9-5-4-8-21(22)16-27-24(30)17-31-25-15-14-23(28-29-25)20-12-10-19(11-13-20)18-6-2-1-3-7-18/h1-15H,16-17H2,(H,27,30). The van der Waals surface area contributed by atoms with Crippen LogP contribution in [0.2, 0.25) is 5.02 Å². The van der Waals surface area contributed by atoms with Crippen LogP contribution < -0.4 is 5.32 Å². The van der Waals surface area contributed by atoms with Crippen molar-refractivity contribution in [3.63, 3.8) is 0 Å². The summed E-state index contributed by atoms with van der Waals surface area (Å²) in [6, 6.07) is 29.8. The number of hydrogen-bond donors (Lipinski definition) is 1. The highest BCUT2D eigenvalue weighted by Gasteiger charge is 2.07. The van der Waals surface area contributed by atoms with E-state index in [1.165, 1.54) is 17.3 Å². The van der Waals surface area contributed by atoms with Gasteiger partial charge in [-0.3, -0.25) is 4.79 Å². The van der Waals surface area contributed by atoms with Gasteiger partial charge >= 0.3 is 0 Å². The maximum Gasteiger partial charge on any atom is 0.230 e. The Kier molecular flexibility index (Phi) is 6.97. The minimum Gasteiger partial charge on any atom is -0.351 e. The molecule has 1 N–H and O–H groups in total. The molecule has 0 fully saturated rings. The maximum absolute atomic E-state index is 12.1. The molecule has 154 valence electrons. The minimum absolute atomic E-state index is 0.0766. The lowest BCUT2D eigenvalue weighted by molar-refractivity contribution is -0.118. The Morgan fingerprint density at radius 1 is 0.774 bits per heavy atom. The van der Waals surface area contributed by atoms with E-state index in [0.29, 0.717) is 16.6 Å². The largest absolute Gasteiger partial charge is 0.351 e. The lowest BCUT2D eigenvalue weighted by Gasteiger charge is -2.07. The number of carbonyl (C=O) groups excluding carboxylic acids is 1. The first kappa shape index (κ1) is 21.1. The number of nitrogens with one attached hydrogen (secondary N) is 1. The molecule has 1 amide bonds. The van der Waals surface area contributed by atoms with Crippen LogP contribution in [0.15, 0.2) is 96.0 Å². The van der Waals surface area contributed by atoms with Gasteiger partial charge in [0.05, 0.1) is 11.4 Å². The van der Waals surface area contributed by atoms with Gasteiger partial charge in [0.2, 0.25) is 5.91 Å². The first-order chi connectivity index (χ1) is 15.2. The van der Waals surface area contributed by atoms with Crippen LogP contribution in [0.1, 0.15) is 5.56 Å². The molecular weight excluding hydrogens is 426 g/mol. The van der Waals surface area contributed by atoms with Crippen LogP contribution in [0.25, 0.3) is 22.4 Å². The summed E-state index contributed by atoms with van der Waals surface area (Å²) in [5, 5.41) is 12.8. The number of rotatable bonds is 7. The van der Waals surface area contributed by atoms with Crippen molar-refractivity contribution in [2.45, 2.75) is 11.6 Å². The van der Waals surface area contributed by atoms with Crippen molar-refractivity contribution in [1.82, 2.24) is 15.5 Å². The van der Waals surface area contributed by atoms with Crippen molar-refractivity contribution in [3.05, 3.63) is 102 Å². The second-order valence-corrected chi connectivity index (χ2v) is 8.26. The number of halogens is 1. The van der Waals surface area contributed by atoms with E-state index in [4.69, 9.17) is 11.6 Å². The van der Waals surface area contributed by atoms with Gasteiger partial charge in [0.15, 0.2) is 0 Å². The molecule has 0 saturated heterocycles. The van der Waals surface area contributed by atoms with E-state index >= 15 is 0 Å². The fraction of sp³-hybridized carbons (Fsp3) is 0.0800. The van der Waals surface area contributed by atoms with Crippen LogP contribution in [0.4, 0.5) is 0 Å². The van der Waals surface area contributed by atoms with Crippen LogP contribution >= 0.6 is 23.4 Å². The summed E-state index contributed by atoms with van der Waals surface area (Å²) in [5.41, 5.74) is 5.03. The third kappa shape index (κ3) is 5.72. The molecule has 0 saturated carbocycles. The summed E-state index contributed by atoms with van der Waals surface area (Å²) in [5.74, 6) is 0.192. The average molecular weight is 446 g/mol. The molecule has 0 spiro atoms. The predicted molar refractivity (Wildman–Crippen MR) is 127 cm³/mol. The number of aromatic nitrogens is 2. The topological polar surface area (TPSA) is 54.9 Å². The molecule has 0 bridgehead atoms. The Labute approximate surface area is 190 Å². The Bertz CT molecular complexity index is 1150. The lowest BCUT2D eigenvalue weighted by atomic mass is 10.0. The molecule has 4 aromatic rings. The molecule has 3 aromatic carbocycles. The fourth-order valence-electron chi connectivity index (χ4n) is 3.04. The van der Waals surface area contributed by atoms with E-state index in [1.807, 2.05) is 66.7 Å². The van der Waals surface area contributed by atoms with Gasteiger partial charge in [-0.2, -0.15) is 0 Å². The first-order valence-electron chi connectivity index (χ1n) is 9.81. The normalized spacial score (nSPS) is 10.6. The van der Waals surface area contributed by atoms with E-state index in [0.717, 1.165) is 22.4 Å². The maximum atomic E-state index is 12.1. The summed E-state index contributed by atoms with van der Waals surface area (Å²) in [6.45, 7) is 0.405. The van der Waals surface area contributed by atoms with Gasteiger partial charge < -0.3 is 5.32 Å². The van der Waals surface area contributed by atoms with E-state index in [1.54, 1.807) is 0 Å². The summed E-state index contributed by atoms with van der Waals surface area (Å²) in [6.07, 6.45) is 0. The van der Waals surface area contributed by atoms with E-state index in [9.17, 15) is 4.79 Å². The lowest BCUT2D eigenvalue weighted by Crippen LogP contribution is -2.24. The highest BCUT2D eigenvalue weighted by molar-refractivity contribution is 7.99. The predicted octanol–water partition coefficient (Wildman–Crippen LogP) is 5.87. The smallest absolute Gasteiger partial charge is 0.230 e. The second-order valence-electron chi connectivity index (χ2n) is 6.86. The van der Waals surface area contributed by atoms with E-state index < -0.39 is 0 Å². The molecule has 0 aliphatic carbocycles. The van der Waals surface area contributed by atoms with E-state index in [2.05, 4.69) is 39.8 Å².